The monoisotopic (exact) mass is 327 g/mol. The van der Waals surface area contributed by atoms with Crippen LogP contribution in [-0.4, -0.2) is 44.8 Å². The number of ether oxygens (including phenoxy) is 1. The van der Waals surface area contributed by atoms with E-state index >= 15 is 0 Å². The molecule has 4 rings (SSSR count). The Morgan fingerprint density at radius 1 is 1.25 bits per heavy atom. The van der Waals surface area contributed by atoms with E-state index in [4.69, 9.17) is 4.74 Å². The lowest BCUT2D eigenvalue weighted by atomic mass is 10.0. The van der Waals surface area contributed by atoms with Gasteiger partial charge in [0.15, 0.2) is 6.04 Å². The average Bonchev–Trinajstić information content (AvgIpc) is 3.12. The van der Waals surface area contributed by atoms with Crippen molar-refractivity contribution in [3.63, 3.8) is 0 Å². The molecule has 7 heteroatoms. The Morgan fingerprint density at radius 3 is 2.92 bits per heavy atom. The smallest absolute Gasteiger partial charge is 0.331 e. The second-order valence-electron chi connectivity index (χ2n) is 5.96. The zero-order valence-corrected chi connectivity index (χ0v) is 13.0. The summed E-state index contributed by atoms with van der Waals surface area (Å²) >= 11 is 0. The molecule has 1 aromatic carbocycles. The molecule has 0 spiro atoms. The first kappa shape index (κ1) is 14.7. The highest BCUT2D eigenvalue weighted by atomic mass is 16.5. The average molecular weight is 327 g/mol. The summed E-state index contributed by atoms with van der Waals surface area (Å²) in [4.78, 5) is 26.3. The number of carbonyl (C=O) groups is 2. The molecular formula is C17H17N3O4. The van der Waals surface area contributed by atoms with Crippen molar-refractivity contribution in [3.05, 3.63) is 47.3 Å². The molecule has 0 bridgehead atoms. The standard InChI is InChI=1S/C17H17N3O4/c21-16(12-10-18-20-7-3-5-13(12)20)19-8-9-24-14-6-2-1-4-11(14)15(19)17(22)23/h1-2,4,6,10,15H,3,5,7-9H2,(H,22,23). The second-order valence-corrected chi connectivity index (χ2v) is 5.96. The predicted molar refractivity (Wildman–Crippen MR) is 83.9 cm³/mol. The Hall–Kier alpha value is -2.83. The van der Waals surface area contributed by atoms with E-state index in [0.29, 0.717) is 16.9 Å². The molecule has 0 aliphatic carbocycles. The Balaban J connectivity index is 1.75. The fourth-order valence-corrected chi connectivity index (χ4v) is 3.47. The van der Waals surface area contributed by atoms with E-state index in [-0.39, 0.29) is 19.1 Å². The SMILES string of the molecule is O=C(O)C1c2ccccc2OCCN1C(=O)c1cnn2c1CCC2. The van der Waals surface area contributed by atoms with Gasteiger partial charge in [-0.25, -0.2) is 4.79 Å². The molecular weight excluding hydrogens is 310 g/mol. The predicted octanol–water partition coefficient (Wildman–Crippen LogP) is 1.49. The number of carboxylic acids is 1. The third-order valence-corrected chi connectivity index (χ3v) is 4.57. The lowest BCUT2D eigenvalue weighted by Gasteiger charge is -2.26. The van der Waals surface area contributed by atoms with Gasteiger partial charge in [0.2, 0.25) is 0 Å². The van der Waals surface area contributed by atoms with Crippen LogP contribution in [0, 0.1) is 0 Å². The van der Waals surface area contributed by atoms with Crippen LogP contribution in [0.25, 0.3) is 0 Å². The van der Waals surface area contributed by atoms with Gasteiger partial charge in [0, 0.05) is 12.1 Å². The van der Waals surface area contributed by atoms with Gasteiger partial charge in [-0.1, -0.05) is 18.2 Å². The number of aliphatic carboxylic acids is 1. The number of aromatic nitrogens is 2. The van der Waals surface area contributed by atoms with Crippen molar-refractivity contribution in [3.8, 4) is 5.75 Å². The summed E-state index contributed by atoms with van der Waals surface area (Å²) < 4.78 is 7.47. The van der Waals surface area contributed by atoms with Crippen LogP contribution in [0.5, 0.6) is 5.75 Å². The van der Waals surface area contributed by atoms with E-state index < -0.39 is 12.0 Å². The Morgan fingerprint density at radius 2 is 2.08 bits per heavy atom. The number of hydrogen-bond donors (Lipinski definition) is 1. The number of fused-ring (bicyclic) bond motifs is 2. The number of aryl methyl sites for hydroxylation is 1. The first-order chi connectivity index (χ1) is 11.7. The largest absolute Gasteiger partial charge is 0.491 e. The topological polar surface area (TPSA) is 84.7 Å². The molecule has 0 fully saturated rings. The van der Waals surface area contributed by atoms with E-state index in [9.17, 15) is 14.7 Å². The molecule has 7 nitrogen and oxygen atoms in total. The van der Waals surface area contributed by atoms with Gasteiger partial charge >= 0.3 is 5.97 Å². The van der Waals surface area contributed by atoms with Crippen LogP contribution in [0.15, 0.2) is 30.5 Å². The number of rotatable bonds is 2. The van der Waals surface area contributed by atoms with Crippen molar-refractivity contribution in [1.82, 2.24) is 14.7 Å². The number of carbonyl (C=O) groups excluding carboxylic acids is 1. The number of para-hydroxylation sites is 1. The van der Waals surface area contributed by atoms with Crippen LogP contribution in [0.2, 0.25) is 0 Å². The van der Waals surface area contributed by atoms with Crippen LogP contribution < -0.4 is 4.74 Å². The first-order valence-electron chi connectivity index (χ1n) is 7.97. The zero-order chi connectivity index (χ0) is 16.7. The molecule has 124 valence electrons. The lowest BCUT2D eigenvalue weighted by molar-refractivity contribution is -0.142. The van der Waals surface area contributed by atoms with Crippen LogP contribution in [0.3, 0.4) is 0 Å². The van der Waals surface area contributed by atoms with Crippen molar-refractivity contribution in [2.45, 2.75) is 25.4 Å². The number of hydrogen-bond acceptors (Lipinski definition) is 4. The molecule has 2 aliphatic heterocycles. The summed E-state index contributed by atoms with van der Waals surface area (Å²) in [5.41, 5.74) is 1.89. The highest BCUT2D eigenvalue weighted by Crippen LogP contribution is 2.33. The molecule has 1 aromatic heterocycles. The minimum atomic E-state index is -1.06. The summed E-state index contributed by atoms with van der Waals surface area (Å²) in [6.45, 7) is 1.28. The van der Waals surface area contributed by atoms with Gasteiger partial charge in [0.25, 0.3) is 5.91 Å². The van der Waals surface area contributed by atoms with Gasteiger partial charge in [-0.2, -0.15) is 5.10 Å². The normalized spacial score (nSPS) is 19.2. The maximum absolute atomic E-state index is 13.1. The molecule has 0 saturated heterocycles. The van der Waals surface area contributed by atoms with Gasteiger partial charge in [0.1, 0.15) is 12.4 Å². The minimum absolute atomic E-state index is 0.217. The summed E-state index contributed by atoms with van der Waals surface area (Å²) in [6.07, 6.45) is 3.30. The van der Waals surface area contributed by atoms with E-state index in [1.807, 2.05) is 4.68 Å². The highest BCUT2D eigenvalue weighted by molar-refractivity contribution is 5.98. The Labute approximate surface area is 138 Å². The highest BCUT2D eigenvalue weighted by Gasteiger charge is 2.37. The third-order valence-electron chi connectivity index (χ3n) is 4.57. The van der Waals surface area contributed by atoms with Gasteiger partial charge < -0.3 is 14.7 Å². The van der Waals surface area contributed by atoms with Crippen LogP contribution in [-0.2, 0) is 17.8 Å². The van der Waals surface area contributed by atoms with Gasteiger partial charge in [-0.05, 0) is 18.9 Å². The molecule has 1 amide bonds. The van der Waals surface area contributed by atoms with Crippen LogP contribution in [0.4, 0.5) is 0 Å². The molecule has 0 radical (unpaired) electrons. The minimum Gasteiger partial charge on any atom is -0.491 e. The molecule has 3 heterocycles. The molecule has 1 unspecified atom stereocenters. The molecule has 24 heavy (non-hydrogen) atoms. The maximum Gasteiger partial charge on any atom is 0.331 e. The van der Waals surface area contributed by atoms with E-state index in [0.717, 1.165) is 25.1 Å². The molecule has 1 atom stereocenters. The first-order valence-corrected chi connectivity index (χ1v) is 7.97. The van der Waals surface area contributed by atoms with E-state index in [1.165, 1.54) is 4.90 Å². The number of nitrogens with zero attached hydrogens (tertiary/aromatic N) is 3. The second kappa shape index (κ2) is 5.67. The van der Waals surface area contributed by atoms with Crippen molar-refractivity contribution in [1.29, 1.82) is 0 Å². The van der Waals surface area contributed by atoms with Crippen molar-refractivity contribution < 1.29 is 19.4 Å². The zero-order valence-electron chi connectivity index (χ0n) is 13.0. The third kappa shape index (κ3) is 2.24. The number of amides is 1. The Kier molecular flexibility index (Phi) is 3.48. The van der Waals surface area contributed by atoms with Gasteiger partial charge in [-0.3, -0.25) is 9.48 Å². The summed E-state index contributed by atoms with van der Waals surface area (Å²) in [6, 6.07) is 5.91. The molecule has 0 saturated carbocycles. The number of benzene rings is 1. The summed E-state index contributed by atoms with van der Waals surface area (Å²) in [7, 11) is 0. The van der Waals surface area contributed by atoms with Gasteiger partial charge in [0.05, 0.1) is 24.0 Å². The fraction of sp³-hybridized carbons (Fsp3) is 0.353. The Bertz CT molecular complexity index is 814. The summed E-state index contributed by atoms with van der Waals surface area (Å²) in [5, 5.41) is 14.0. The van der Waals surface area contributed by atoms with Crippen molar-refractivity contribution in [2.24, 2.45) is 0 Å². The lowest BCUT2D eigenvalue weighted by Crippen LogP contribution is -2.40. The fourth-order valence-electron chi connectivity index (χ4n) is 3.47. The summed E-state index contributed by atoms with van der Waals surface area (Å²) in [5.74, 6) is -0.851. The number of carboxylic acid groups (broad SMARTS) is 1. The van der Waals surface area contributed by atoms with E-state index in [1.54, 1.807) is 30.5 Å². The van der Waals surface area contributed by atoms with E-state index in [2.05, 4.69) is 5.10 Å². The molecule has 2 aromatic rings. The molecule has 2 aliphatic rings. The van der Waals surface area contributed by atoms with Crippen LogP contribution >= 0.6 is 0 Å². The molecule has 1 N–H and O–H groups in total. The van der Waals surface area contributed by atoms with Crippen LogP contribution in [0.1, 0.15) is 34.1 Å². The van der Waals surface area contributed by atoms with Gasteiger partial charge in [-0.15, -0.1) is 0 Å². The maximum atomic E-state index is 13.1. The van der Waals surface area contributed by atoms with Crippen molar-refractivity contribution >= 4 is 11.9 Å². The van der Waals surface area contributed by atoms with Crippen molar-refractivity contribution in [2.75, 3.05) is 13.2 Å². The quantitative estimate of drug-likeness (QED) is 0.903.